The van der Waals surface area contributed by atoms with E-state index in [1.54, 1.807) is 19.2 Å². The molecule has 20 heavy (non-hydrogen) atoms. The highest BCUT2D eigenvalue weighted by Gasteiger charge is 2.10. The number of nitrogens with zero attached hydrogens (tertiary/aromatic N) is 1. The first-order valence-corrected chi connectivity index (χ1v) is 6.62. The molecule has 1 aromatic carbocycles. The first-order valence-electron chi connectivity index (χ1n) is 5.80. The van der Waals surface area contributed by atoms with Gasteiger partial charge in [-0.25, -0.2) is 14.6 Å². The van der Waals surface area contributed by atoms with E-state index in [9.17, 15) is 9.59 Å². The summed E-state index contributed by atoms with van der Waals surface area (Å²) < 4.78 is 0. The predicted molar refractivity (Wildman–Crippen MR) is 77.6 cm³/mol. The number of thiazole rings is 1. The van der Waals surface area contributed by atoms with E-state index < -0.39 is 12.0 Å². The molecule has 0 unspecified atom stereocenters. The summed E-state index contributed by atoms with van der Waals surface area (Å²) in [5.74, 6) is -1.04. The van der Waals surface area contributed by atoms with Gasteiger partial charge < -0.3 is 10.4 Å². The number of urea groups is 1. The van der Waals surface area contributed by atoms with Gasteiger partial charge in [0.05, 0.1) is 5.56 Å². The van der Waals surface area contributed by atoms with Gasteiger partial charge >= 0.3 is 12.0 Å². The normalized spacial score (nSPS) is 10.1. The van der Waals surface area contributed by atoms with Crippen molar-refractivity contribution in [2.24, 2.45) is 0 Å². The third kappa shape index (κ3) is 3.33. The topological polar surface area (TPSA) is 91.3 Å². The lowest BCUT2D eigenvalue weighted by molar-refractivity contribution is 0.0697. The van der Waals surface area contributed by atoms with Gasteiger partial charge in [-0.15, -0.1) is 11.3 Å². The molecule has 0 aliphatic carbocycles. The molecule has 0 aliphatic rings. The smallest absolute Gasteiger partial charge is 0.335 e. The van der Waals surface area contributed by atoms with Gasteiger partial charge in [0.2, 0.25) is 0 Å². The first-order chi connectivity index (χ1) is 9.45. The lowest BCUT2D eigenvalue weighted by atomic mass is 10.1. The first kappa shape index (κ1) is 14.0. The highest BCUT2D eigenvalue weighted by molar-refractivity contribution is 7.15. The van der Waals surface area contributed by atoms with Gasteiger partial charge in [-0.2, -0.15) is 0 Å². The maximum atomic E-state index is 11.8. The van der Waals surface area contributed by atoms with Crippen molar-refractivity contribution in [3.63, 3.8) is 0 Å². The van der Waals surface area contributed by atoms with Crippen LogP contribution in [0.2, 0.25) is 0 Å². The molecule has 2 aromatic rings. The number of hydrogen-bond donors (Lipinski definition) is 3. The molecule has 6 nitrogen and oxygen atoms in total. The number of carboxylic acid groups (broad SMARTS) is 1. The van der Waals surface area contributed by atoms with Crippen LogP contribution in [0.3, 0.4) is 0 Å². The molecule has 1 aromatic heterocycles. The van der Waals surface area contributed by atoms with Crippen molar-refractivity contribution >= 4 is 34.2 Å². The lowest BCUT2D eigenvalue weighted by Crippen LogP contribution is -2.20. The number of aryl methyl sites for hydroxylation is 2. The minimum Gasteiger partial charge on any atom is -0.478 e. The van der Waals surface area contributed by atoms with Crippen LogP contribution in [0.4, 0.5) is 15.6 Å². The zero-order valence-electron chi connectivity index (χ0n) is 10.9. The molecule has 104 valence electrons. The molecule has 0 fully saturated rings. The van der Waals surface area contributed by atoms with E-state index in [2.05, 4.69) is 15.6 Å². The Morgan fingerprint density at radius 2 is 2.00 bits per heavy atom. The number of hydrogen-bond acceptors (Lipinski definition) is 4. The number of benzene rings is 1. The number of aromatic carboxylic acids is 1. The summed E-state index contributed by atoms with van der Waals surface area (Å²) in [6.07, 6.45) is 1.66. The molecular weight excluding hydrogens is 278 g/mol. The van der Waals surface area contributed by atoms with E-state index in [-0.39, 0.29) is 5.56 Å². The highest BCUT2D eigenvalue weighted by atomic mass is 32.1. The Morgan fingerprint density at radius 1 is 1.25 bits per heavy atom. The Kier molecular flexibility index (Phi) is 3.99. The summed E-state index contributed by atoms with van der Waals surface area (Å²) in [6.45, 7) is 3.68. The Bertz CT molecular complexity index is 667. The van der Waals surface area contributed by atoms with Crippen molar-refractivity contribution in [3.05, 3.63) is 40.4 Å². The number of carbonyl (C=O) groups excluding carboxylic acids is 1. The fourth-order valence-electron chi connectivity index (χ4n) is 1.55. The second-order valence-corrected chi connectivity index (χ2v) is 5.42. The molecule has 0 atom stereocenters. The highest BCUT2D eigenvalue weighted by Crippen LogP contribution is 2.19. The van der Waals surface area contributed by atoms with Crippen LogP contribution in [0, 0.1) is 13.8 Å². The van der Waals surface area contributed by atoms with Gasteiger partial charge in [0.25, 0.3) is 0 Å². The van der Waals surface area contributed by atoms with Gasteiger partial charge in [-0.3, -0.25) is 5.32 Å². The van der Waals surface area contributed by atoms with Crippen molar-refractivity contribution in [1.82, 2.24) is 4.98 Å². The molecule has 0 radical (unpaired) electrons. The van der Waals surface area contributed by atoms with E-state index in [0.717, 1.165) is 10.4 Å². The minimum absolute atomic E-state index is 0.121. The molecule has 0 spiro atoms. The van der Waals surface area contributed by atoms with Gasteiger partial charge in [0.1, 0.15) is 0 Å². The van der Waals surface area contributed by atoms with Crippen molar-refractivity contribution in [1.29, 1.82) is 0 Å². The molecule has 3 N–H and O–H groups in total. The molecule has 2 amide bonds. The maximum Gasteiger partial charge on any atom is 0.335 e. The number of rotatable bonds is 3. The summed E-state index contributed by atoms with van der Waals surface area (Å²) >= 11 is 1.36. The van der Waals surface area contributed by atoms with Gasteiger partial charge in [-0.05, 0) is 31.5 Å². The van der Waals surface area contributed by atoms with Crippen LogP contribution in [0.5, 0.6) is 0 Å². The molecule has 1 heterocycles. The van der Waals surface area contributed by atoms with Crippen molar-refractivity contribution in [2.45, 2.75) is 13.8 Å². The Labute approximate surface area is 119 Å². The monoisotopic (exact) mass is 291 g/mol. The average Bonchev–Trinajstić information content (AvgIpc) is 2.77. The van der Waals surface area contributed by atoms with E-state index in [1.807, 2.05) is 6.92 Å². The molecular formula is C13H13N3O3S. The van der Waals surface area contributed by atoms with Crippen LogP contribution in [-0.4, -0.2) is 22.1 Å². The molecule has 0 bridgehead atoms. The zero-order chi connectivity index (χ0) is 14.7. The molecule has 0 aliphatic heterocycles. The van der Waals surface area contributed by atoms with Gasteiger partial charge in [0.15, 0.2) is 5.13 Å². The number of amides is 2. The fraction of sp³-hybridized carbons (Fsp3) is 0.154. The second kappa shape index (κ2) is 5.70. The average molecular weight is 291 g/mol. The van der Waals surface area contributed by atoms with E-state index in [4.69, 9.17) is 5.11 Å². The van der Waals surface area contributed by atoms with Crippen LogP contribution < -0.4 is 10.6 Å². The molecule has 0 saturated heterocycles. The summed E-state index contributed by atoms with van der Waals surface area (Å²) in [5.41, 5.74) is 1.35. The summed E-state index contributed by atoms with van der Waals surface area (Å²) in [7, 11) is 0. The predicted octanol–water partition coefficient (Wildman–Crippen LogP) is 3.10. The SMILES string of the molecule is Cc1cnc(NC(=O)Nc2cc(C(=O)O)ccc2C)s1. The minimum atomic E-state index is -1.04. The van der Waals surface area contributed by atoms with Crippen molar-refractivity contribution in [3.8, 4) is 0 Å². The van der Waals surface area contributed by atoms with Crippen molar-refractivity contribution < 1.29 is 14.7 Å². The largest absolute Gasteiger partial charge is 0.478 e. The van der Waals surface area contributed by atoms with E-state index in [0.29, 0.717) is 10.8 Å². The molecule has 0 saturated carbocycles. The third-order valence-corrected chi connectivity index (χ3v) is 3.40. The number of aromatic nitrogens is 1. The molecule has 2 rings (SSSR count). The fourth-order valence-corrected chi connectivity index (χ4v) is 2.21. The Hall–Kier alpha value is -2.41. The van der Waals surface area contributed by atoms with E-state index in [1.165, 1.54) is 23.5 Å². The second-order valence-electron chi connectivity index (χ2n) is 4.19. The quantitative estimate of drug-likeness (QED) is 0.810. The van der Waals surface area contributed by atoms with Gasteiger partial charge in [-0.1, -0.05) is 6.07 Å². The Morgan fingerprint density at radius 3 is 2.60 bits per heavy atom. The number of nitrogens with one attached hydrogen (secondary N) is 2. The summed E-state index contributed by atoms with van der Waals surface area (Å²) in [4.78, 5) is 27.7. The van der Waals surface area contributed by atoms with Crippen LogP contribution >= 0.6 is 11.3 Å². The number of anilines is 2. The number of carbonyl (C=O) groups is 2. The van der Waals surface area contributed by atoms with Crippen molar-refractivity contribution in [2.75, 3.05) is 10.6 Å². The van der Waals surface area contributed by atoms with Crippen LogP contribution in [0.25, 0.3) is 0 Å². The van der Waals surface area contributed by atoms with Gasteiger partial charge in [0, 0.05) is 16.8 Å². The third-order valence-electron chi connectivity index (χ3n) is 2.57. The summed E-state index contributed by atoms with van der Waals surface area (Å²) in [6, 6.07) is 4.10. The lowest BCUT2D eigenvalue weighted by Gasteiger charge is -2.09. The zero-order valence-corrected chi connectivity index (χ0v) is 11.7. The molecule has 7 heteroatoms. The van der Waals surface area contributed by atoms with E-state index >= 15 is 0 Å². The Balaban J connectivity index is 2.11. The number of carboxylic acids is 1. The standard InChI is InChI=1S/C13H13N3O3S/c1-7-3-4-9(11(17)18)5-10(7)15-12(19)16-13-14-6-8(2)20-13/h3-6H,1-2H3,(H,17,18)(H2,14,15,16,19). The maximum absolute atomic E-state index is 11.8. The van der Waals surface area contributed by atoms with Crippen LogP contribution in [-0.2, 0) is 0 Å². The summed E-state index contributed by atoms with van der Waals surface area (Å²) in [5, 5.41) is 14.6. The van der Waals surface area contributed by atoms with Crippen LogP contribution in [0.1, 0.15) is 20.8 Å². The van der Waals surface area contributed by atoms with Crippen LogP contribution in [0.15, 0.2) is 24.4 Å².